The molecule has 1 aliphatic heterocycles. The molecule has 0 radical (unpaired) electrons. The van der Waals surface area contributed by atoms with Gasteiger partial charge in [-0.05, 0) is 68.7 Å². The van der Waals surface area contributed by atoms with Gasteiger partial charge in [-0.25, -0.2) is 4.98 Å². The highest BCUT2D eigenvalue weighted by atomic mass is 35.5. The Labute approximate surface area is 170 Å². The summed E-state index contributed by atoms with van der Waals surface area (Å²) in [6.45, 7) is 4.62. The first-order valence-corrected chi connectivity index (χ1v) is 10.6. The number of benzene rings is 2. The highest BCUT2D eigenvalue weighted by Crippen LogP contribution is 2.28. The third-order valence-electron chi connectivity index (χ3n) is 5.81. The molecule has 1 saturated heterocycles. The first-order chi connectivity index (χ1) is 13.8. The lowest BCUT2D eigenvalue weighted by Crippen LogP contribution is -2.31. The van der Waals surface area contributed by atoms with E-state index in [1.165, 1.54) is 43.6 Å². The van der Waals surface area contributed by atoms with E-state index in [0.29, 0.717) is 0 Å². The van der Waals surface area contributed by atoms with E-state index in [2.05, 4.69) is 56.5 Å². The van der Waals surface area contributed by atoms with Crippen LogP contribution in [0.1, 0.15) is 25.7 Å². The molecule has 4 nitrogen and oxygen atoms in total. The molecule has 28 heavy (non-hydrogen) atoms. The van der Waals surface area contributed by atoms with Crippen LogP contribution >= 0.6 is 11.6 Å². The Bertz CT molecular complexity index is 1090. The smallest absolute Gasteiger partial charge is 0.215 e. The zero-order valence-electron chi connectivity index (χ0n) is 16.0. The van der Waals surface area contributed by atoms with Crippen molar-refractivity contribution >= 4 is 28.4 Å². The quantitative estimate of drug-likeness (QED) is 0.449. The molecule has 2 aromatic heterocycles. The summed E-state index contributed by atoms with van der Waals surface area (Å²) in [4.78, 5) is 7.54. The van der Waals surface area contributed by atoms with Crippen molar-refractivity contribution in [1.29, 1.82) is 0 Å². The summed E-state index contributed by atoms with van der Waals surface area (Å²) in [5.74, 6) is 1.02. The summed E-state index contributed by atoms with van der Waals surface area (Å²) >= 11 is 6.11. The van der Waals surface area contributed by atoms with Gasteiger partial charge >= 0.3 is 0 Å². The third kappa shape index (κ3) is 3.31. The maximum atomic E-state index is 6.11. The largest absolute Gasteiger partial charge is 0.310 e. The molecule has 1 fully saturated rings. The van der Waals surface area contributed by atoms with Gasteiger partial charge in [-0.3, -0.25) is 4.40 Å². The van der Waals surface area contributed by atoms with Crippen LogP contribution in [0.2, 0.25) is 5.02 Å². The Balaban J connectivity index is 1.51. The molecule has 144 valence electrons. The SMILES string of the molecule is Clc1ccc(-c2cn3c4ccccc4nc3n2CCCN2CCCCC2)cc1. The number of rotatable bonds is 5. The lowest BCUT2D eigenvalue weighted by molar-refractivity contribution is 0.223. The zero-order chi connectivity index (χ0) is 18.9. The number of fused-ring (bicyclic) bond motifs is 3. The predicted octanol–water partition coefficient (Wildman–Crippen LogP) is 5.49. The lowest BCUT2D eigenvalue weighted by atomic mass is 10.1. The van der Waals surface area contributed by atoms with Crippen LogP contribution in [0.3, 0.4) is 0 Å². The van der Waals surface area contributed by atoms with Crippen LogP contribution < -0.4 is 0 Å². The zero-order valence-corrected chi connectivity index (χ0v) is 16.8. The molecule has 5 heteroatoms. The normalized spacial score (nSPS) is 15.6. The second-order valence-corrected chi connectivity index (χ2v) is 8.14. The molecular weight excluding hydrogens is 368 g/mol. The van der Waals surface area contributed by atoms with E-state index in [9.17, 15) is 0 Å². The Morgan fingerprint density at radius 2 is 1.68 bits per heavy atom. The van der Waals surface area contributed by atoms with Gasteiger partial charge in [0.25, 0.3) is 0 Å². The fourth-order valence-corrected chi connectivity index (χ4v) is 4.48. The van der Waals surface area contributed by atoms with E-state index in [4.69, 9.17) is 16.6 Å². The molecule has 0 unspecified atom stereocenters. The number of halogens is 1. The molecule has 0 saturated carbocycles. The van der Waals surface area contributed by atoms with Crippen LogP contribution in [-0.2, 0) is 6.54 Å². The average Bonchev–Trinajstić information content (AvgIpc) is 3.26. The first kappa shape index (κ1) is 17.8. The number of nitrogens with zero attached hydrogens (tertiary/aromatic N) is 4. The van der Waals surface area contributed by atoms with Gasteiger partial charge < -0.3 is 9.47 Å². The van der Waals surface area contributed by atoms with Crippen molar-refractivity contribution in [3.8, 4) is 11.3 Å². The number of para-hydroxylation sites is 2. The van der Waals surface area contributed by atoms with Crippen molar-refractivity contribution in [2.75, 3.05) is 19.6 Å². The fraction of sp³-hybridized carbons (Fsp3) is 0.348. The molecule has 0 N–H and O–H groups in total. The number of hydrogen-bond donors (Lipinski definition) is 0. The number of likely N-dealkylation sites (tertiary alicyclic amines) is 1. The second-order valence-electron chi connectivity index (χ2n) is 7.70. The summed E-state index contributed by atoms with van der Waals surface area (Å²) in [6.07, 6.45) is 7.42. The van der Waals surface area contributed by atoms with Crippen molar-refractivity contribution in [3.05, 3.63) is 59.8 Å². The summed E-state index contributed by atoms with van der Waals surface area (Å²) in [7, 11) is 0. The minimum atomic E-state index is 0.766. The standard InChI is InChI=1S/C23H25ClN4/c24-19-11-9-18(10-12-19)22-17-28-21-8-3-2-7-20(21)25-23(28)27(22)16-6-15-26-13-4-1-5-14-26/h2-3,7-12,17H,1,4-6,13-16H2. The number of imidazole rings is 2. The molecule has 1 aliphatic rings. The molecule has 0 amide bonds. The third-order valence-corrected chi connectivity index (χ3v) is 6.06. The van der Waals surface area contributed by atoms with Gasteiger partial charge in [-0.2, -0.15) is 0 Å². The van der Waals surface area contributed by atoms with Crippen LogP contribution in [0.15, 0.2) is 54.7 Å². The summed E-state index contributed by atoms with van der Waals surface area (Å²) in [5.41, 5.74) is 4.58. The summed E-state index contributed by atoms with van der Waals surface area (Å²) in [6, 6.07) is 16.5. The average molecular weight is 393 g/mol. The van der Waals surface area contributed by atoms with Crippen LogP contribution in [0.5, 0.6) is 0 Å². The number of hydrogen-bond acceptors (Lipinski definition) is 2. The molecule has 3 heterocycles. The van der Waals surface area contributed by atoms with Crippen LogP contribution in [0.25, 0.3) is 28.1 Å². The van der Waals surface area contributed by atoms with E-state index in [-0.39, 0.29) is 0 Å². The Morgan fingerprint density at radius 1 is 0.893 bits per heavy atom. The Morgan fingerprint density at radius 3 is 2.50 bits per heavy atom. The van der Waals surface area contributed by atoms with Gasteiger partial charge in [0, 0.05) is 17.8 Å². The van der Waals surface area contributed by atoms with Crippen molar-refractivity contribution in [1.82, 2.24) is 18.9 Å². The van der Waals surface area contributed by atoms with Crippen molar-refractivity contribution in [2.45, 2.75) is 32.2 Å². The summed E-state index contributed by atoms with van der Waals surface area (Å²) < 4.78 is 4.59. The molecule has 0 bridgehead atoms. The predicted molar refractivity (Wildman–Crippen MR) is 116 cm³/mol. The minimum absolute atomic E-state index is 0.766. The van der Waals surface area contributed by atoms with Crippen molar-refractivity contribution < 1.29 is 0 Å². The highest BCUT2D eigenvalue weighted by Gasteiger charge is 2.16. The van der Waals surface area contributed by atoms with Crippen molar-refractivity contribution in [2.24, 2.45) is 0 Å². The van der Waals surface area contributed by atoms with E-state index in [0.717, 1.165) is 41.3 Å². The van der Waals surface area contributed by atoms with Gasteiger partial charge in [0.2, 0.25) is 5.78 Å². The van der Waals surface area contributed by atoms with Gasteiger partial charge in [0.15, 0.2) is 0 Å². The molecule has 2 aromatic carbocycles. The molecule has 0 atom stereocenters. The number of aryl methyl sites for hydroxylation is 1. The molecule has 5 rings (SSSR count). The number of piperidine rings is 1. The van der Waals surface area contributed by atoms with E-state index in [1.807, 2.05) is 12.1 Å². The molecule has 4 aromatic rings. The van der Waals surface area contributed by atoms with E-state index in [1.54, 1.807) is 0 Å². The molecule has 0 spiro atoms. The van der Waals surface area contributed by atoms with E-state index >= 15 is 0 Å². The van der Waals surface area contributed by atoms with Gasteiger partial charge in [0.05, 0.1) is 16.7 Å². The molecular formula is C23H25ClN4. The maximum absolute atomic E-state index is 6.11. The van der Waals surface area contributed by atoms with Crippen molar-refractivity contribution in [3.63, 3.8) is 0 Å². The minimum Gasteiger partial charge on any atom is -0.310 e. The second kappa shape index (κ2) is 7.61. The maximum Gasteiger partial charge on any atom is 0.215 e. The lowest BCUT2D eigenvalue weighted by Gasteiger charge is -2.26. The summed E-state index contributed by atoms with van der Waals surface area (Å²) in [5, 5.41) is 0.766. The van der Waals surface area contributed by atoms with Gasteiger partial charge in [-0.1, -0.05) is 42.3 Å². The molecule has 0 aliphatic carbocycles. The fourth-order valence-electron chi connectivity index (χ4n) is 4.36. The van der Waals surface area contributed by atoms with Crippen LogP contribution in [-0.4, -0.2) is 38.5 Å². The topological polar surface area (TPSA) is 25.5 Å². The Hall–Kier alpha value is -2.30. The monoisotopic (exact) mass is 392 g/mol. The van der Waals surface area contributed by atoms with Crippen LogP contribution in [0, 0.1) is 0 Å². The van der Waals surface area contributed by atoms with E-state index < -0.39 is 0 Å². The first-order valence-electron chi connectivity index (χ1n) is 10.2. The highest BCUT2D eigenvalue weighted by molar-refractivity contribution is 6.30. The van der Waals surface area contributed by atoms with Gasteiger partial charge in [-0.15, -0.1) is 0 Å². The van der Waals surface area contributed by atoms with Gasteiger partial charge in [0.1, 0.15) is 0 Å². The number of aromatic nitrogens is 3. The Kier molecular flexibility index (Phi) is 4.83. The van der Waals surface area contributed by atoms with Crippen LogP contribution in [0.4, 0.5) is 0 Å².